The van der Waals surface area contributed by atoms with Crippen molar-refractivity contribution >= 4 is 17.3 Å². The summed E-state index contributed by atoms with van der Waals surface area (Å²) < 4.78 is 24.2. The molecule has 5 rings (SSSR count). The van der Waals surface area contributed by atoms with E-state index >= 15 is 0 Å². The van der Waals surface area contributed by atoms with Crippen molar-refractivity contribution in [2.45, 2.75) is 31.5 Å². The lowest BCUT2D eigenvalue weighted by Gasteiger charge is -2.33. The zero-order valence-electron chi connectivity index (χ0n) is 17.7. The van der Waals surface area contributed by atoms with Crippen LogP contribution in [0.4, 0.5) is 16.0 Å². The van der Waals surface area contributed by atoms with Crippen LogP contribution in [-0.4, -0.2) is 29.8 Å². The van der Waals surface area contributed by atoms with Crippen molar-refractivity contribution in [1.82, 2.24) is 0 Å². The standard InChI is InChI=1S/C24H22FN3O5/c25-17-3-7-19(8-4-17)31-20-11-13-27(14-12-20)18-5-1-16(2-6-18)23-15-21(26-33-23)22-9-10-24(32-22)28(29)30/h1-10,20,23H,11-15H2. The minimum absolute atomic E-state index is 0.117. The zero-order valence-corrected chi connectivity index (χ0v) is 17.7. The van der Waals surface area contributed by atoms with Crippen LogP contribution in [0.5, 0.6) is 5.75 Å². The third-order valence-corrected chi connectivity index (χ3v) is 5.91. The lowest BCUT2D eigenvalue weighted by Crippen LogP contribution is -2.38. The van der Waals surface area contributed by atoms with Crippen molar-refractivity contribution in [2.24, 2.45) is 5.16 Å². The van der Waals surface area contributed by atoms with E-state index in [1.807, 2.05) is 12.1 Å². The average Bonchev–Trinajstić information content (AvgIpc) is 3.52. The normalized spacial score (nSPS) is 18.6. The third kappa shape index (κ3) is 4.67. The van der Waals surface area contributed by atoms with Gasteiger partial charge in [-0.2, -0.15) is 0 Å². The van der Waals surface area contributed by atoms with Gasteiger partial charge in [-0.05, 0) is 48.0 Å². The van der Waals surface area contributed by atoms with Crippen LogP contribution in [-0.2, 0) is 4.84 Å². The van der Waals surface area contributed by atoms with Gasteiger partial charge in [0.2, 0.25) is 0 Å². The summed E-state index contributed by atoms with van der Waals surface area (Å²) in [6.45, 7) is 1.74. The molecule has 0 saturated carbocycles. The Bertz CT molecular complexity index is 1150. The summed E-state index contributed by atoms with van der Waals surface area (Å²) in [5, 5.41) is 14.9. The largest absolute Gasteiger partial charge is 0.490 e. The van der Waals surface area contributed by atoms with Gasteiger partial charge in [0.25, 0.3) is 0 Å². The number of ether oxygens (including phenoxy) is 1. The number of hydrogen-bond acceptors (Lipinski definition) is 7. The first-order valence-electron chi connectivity index (χ1n) is 10.8. The number of oxime groups is 1. The highest BCUT2D eigenvalue weighted by molar-refractivity contribution is 5.99. The molecule has 9 heteroatoms. The molecule has 3 aromatic rings. The van der Waals surface area contributed by atoms with E-state index in [2.05, 4.69) is 22.2 Å². The minimum atomic E-state index is -0.576. The van der Waals surface area contributed by atoms with E-state index in [1.54, 1.807) is 12.1 Å². The lowest BCUT2D eigenvalue weighted by molar-refractivity contribution is -0.402. The van der Waals surface area contributed by atoms with Crippen molar-refractivity contribution < 1.29 is 23.3 Å². The minimum Gasteiger partial charge on any atom is -0.490 e. The summed E-state index contributed by atoms with van der Waals surface area (Å²) in [7, 11) is 0. The van der Waals surface area contributed by atoms with Crippen LogP contribution in [0, 0.1) is 15.9 Å². The van der Waals surface area contributed by atoms with E-state index in [4.69, 9.17) is 14.0 Å². The quantitative estimate of drug-likeness (QED) is 0.376. The van der Waals surface area contributed by atoms with Gasteiger partial charge >= 0.3 is 5.88 Å². The molecule has 8 nitrogen and oxygen atoms in total. The van der Waals surface area contributed by atoms with Crippen molar-refractivity contribution in [3.63, 3.8) is 0 Å². The average molecular weight is 451 g/mol. The molecule has 0 spiro atoms. The fourth-order valence-electron chi connectivity index (χ4n) is 4.12. The first-order chi connectivity index (χ1) is 16.0. The molecule has 33 heavy (non-hydrogen) atoms. The Hall–Kier alpha value is -3.88. The first kappa shape index (κ1) is 21.0. The van der Waals surface area contributed by atoms with Gasteiger partial charge in [-0.25, -0.2) is 4.39 Å². The van der Waals surface area contributed by atoms with Crippen molar-refractivity contribution in [3.05, 3.63) is 87.9 Å². The molecule has 0 aliphatic carbocycles. The summed E-state index contributed by atoms with van der Waals surface area (Å²) in [5.41, 5.74) is 2.66. The lowest BCUT2D eigenvalue weighted by atomic mass is 10.0. The van der Waals surface area contributed by atoms with E-state index in [9.17, 15) is 14.5 Å². The molecule has 0 N–H and O–H groups in total. The molecule has 170 valence electrons. The van der Waals surface area contributed by atoms with Gasteiger partial charge in [-0.1, -0.05) is 17.3 Å². The van der Waals surface area contributed by atoms with E-state index in [0.29, 0.717) is 23.6 Å². The molecule has 2 aliphatic heterocycles. The summed E-state index contributed by atoms with van der Waals surface area (Å²) in [5.74, 6) is 0.469. The number of anilines is 1. The molecule has 1 saturated heterocycles. The Labute approximate surface area is 189 Å². The number of nitrogens with zero attached hydrogens (tertiary/aromatic N) is 3. The molecular weight excluding hydrogens is 429 g/mol. The van der Waals surface area contributed by atoms with Crippen molar-refractivity contribution in [3.8, 4) is 5.75 Å². The Kier molecular flexibility index (Phi) is 5.68. The van der Waals surface area contributed by atoms with Gasteiger partial charge in [0, 0.05) is 38.0 Å². The third-order valence-electron chi connectivity index (χ3n) is 5.91. The molecule has 0 bridgehead atoms. The van der Waals surface area contributed by atoms with Gasteiger partial charge in [0.1, 0.15) is 28.3 Å². The fourth-order valence-corrected chi connectivity index (χ4v) is 4.12. The molecule has 1 unspecified atom stereocenters. The van der Waals surface area contributed by atoms with Crippen LogP contribution in [0.3, 0.4) is 0 Å². The number of furan rings is 1. The van der Waals surface area contributed by atoms with E-state index in [0.717, 1.165) is 37.2 Å². The van der Waals surface area contributed by atoms with Gasteiger partial charge in [0.05, 0.1) is 6.07 Å². The highest BCUT2D eigenvalue weighted by atomic mass is 19.1. The van der Waals surface area contributed by atoms with E-state index < -0.39 is 4.92 Å². The molecule has 1 fully saturated rings. The van der Waals surface area contributed by atoms with Crippen LogP contribution in [0.1, 0.15) is 36.7 Å². The van der Waals surface area contributed by atoms with E-state index in [-0.39, 0.29) is 23.9 Å². The maximum Gasteiger partial charge on any atom is 0.433 e. The molecule has 3 heterocycles. The molecular formula is C24H22FN3O5. The second-order valence-electron chi connectivity index (χ2n) is 8.08. The van der Waals surface area contributed by atoms with Gasteiger partial charge in [-0.15, -0.1) is 0 Å². The topological polar surface area (TPSA) is 90.3 Å². The van der Waals surface area contributed by atoms with Crippen molar-refractivity contribution in [1.29, 1.82) is 0 Å². The number of nitro groups is 1. The molecule has 1 atom stereocenters. The monoisotopic (exact) mass is 451 g/mol. The Morgan fingerprint density at radius 2 is 1.76 bits per heavy atom. The van der Waals surface area contributed by atoms with Crippen LogP contribution < -0.4 is 9.64 Å². The second-order valence-corrected chi connectivity index (χ2v) is 8.08. The first-order valence-corrected chi connectivity index (χ1v) is 10.8. The predicted molar refractivity (Wildman–Crippen MR) is 119 cm³/mol. The smallest absolute Gasteiger partial charge is 0.433 e. The summed E-state index contributed by atoms with van der Waals surface area (Å²) in [6.07, 6.45) is 2.11. The summed E-state index contributed by atoms with van der Waals surface area (Å²) >= 11 is 0. The van der Waals surface area contributed by atoms with Crippen molar-refractivity contribution in [2.75, 3.05) is 18.0 Å². The molecule has 1 aromatic heterocycles. The number of piperidine rings is 1. The van der Waals surface area contributed by atoms with Crippen LogP contribution in [0.25, 0.3) is 0 Å². The highest BCUT2D eigenvalue weighted by Gasteiger charge is 2.28. The number of rotatable bonds is 6. The predicted octanol–water partition coefficient (Wildman–Crippen LogP) is 5.24. The highest BCUT2D eigenvalue weighted by Crippen LogP contribution is 2.32. The SMILES string of the molecule is O=[N+]([O-])c1ccc(C2=NOC(c3ccc(N4CCC(Oc5ccc(F)cc5)CC4)cc3)C2)o1. The molecule has 2 aliphatic rings. The summed E-state index contributed by atoms with van der Waals surface area (Å²) in [4.78, 5) is 18.1. The molecule has 2 aromatic carbocycles. The van der Waals surface area contributed by atoms with Crippen LogP contribution in [0.15, 0.2) is 70.2 Å². The maximum atomic E-state index is 13.1. The number of benzene rings is 2. The maximum absolute atomic E-state index is 13.1. The second kappa shape index (κ2) is 8.93. The van der Waals surface area contributed by atoms with Crippen LogP contribution >= 0.6 is 0 Å². The molecule has 0 amide bonds. The Balaban J connectivity index is 1.14. The summed E-state index contributed by atoms with van der Waals surface area (Å²) in [6, 6.07) is 17.2. The Morgan fingerprint density at radius 1 is 1.03 bits per heavy atom. The van der Waals surface area contributed by atoms with Gasteiger partial charge < -0.3 is 18.9 Å². The zero-order chi connectivity index (χ0) is 22.8. The fraction of sp³-hybridized carbons (Fsp3) is 0.292. The Morgan fingerprint density at radius 3 is 2.42 bits per heavy atom. The van der Waals surface area contributed by atoms with Crippen LogP contribution in [0.2, 0.25) is 0 Å². The van der Waals surface area contributed by atoms with Gasteiger partial charge in [0.15, 0.2) is 11.9 Å². The molecule has 0 radical (unpaired) electrons. The van der Waals surface area contributed by atoms with Gasteiger partial charge in [-0.3, -0.25) is 10.1 Å². The van der Waals surface area contributed by atoms with E-state index in [1.165, 1.54) is 24.3 Å². The number of hydrogen-bond donors (Lipinski definition) is 0. The number of halogens is 1.